The number of amides is 1. The summed E-state index contributed by atoms with van der Waals surface area (Å²) in [6.45, 7) is 7.78. The average molecular weight is 336 g/mol. The summed E-state index contributed by atoms with van der Waals surface area (Å²) >= 11 is 0. The smallest absolute Gasteiger partial charge is 0.407 e. The van der Waals surface area contributed by atoms with Crippen molar-refractivity contribution in [3.8, 4) is 0 Å². The van der Waals surface area contributed by atoms with Crippen molar-refractivity contribution in [2.75, 3.05) is 20.1 Å². The molecule has 1 aliphatic heterocycles. The van der Waals surface area contributed by atoms with Crippen LogP contribution in [0.1, 0.15) is 32.9 Å². The zero-order valence-electron chi connectivity index (χ0n) is 15.2. The molecule has 0 bridgehead atoms. The predicted molar refractivity (Wildman–Crippen MR) is 92.8 cm³/mol. The zero-order chi connectivity index (χ0) is 17.7. The number of ether oxygens (including phenoxy) is 1. The maximum absolute atomic E-state index is 11.9. The highest BCUT2D eigenvalue weighted by molar-refractivity contribution is 5.80. The molecule has 0 spiro atoms. The number of aliphatic imine (C=N–C) groups is 1. The molecule has 1 saturated heterocycles. The average Bonchev–Trinajstić information content (AvgIpc) is 3.07. The third kappa shape index (κ3) is 5.14. The highest BCUT2D eigenvalue weighted by Crippen LogP contribution is 2.12. The molecule has 0 aromatic carbocycles. The molecule has 0 radical (unpaired) electrons. The first kappa shape index (κ1) is 18.1. The van der Waals surface area contributed by atoms with E-state index in [0.29, 0.717) is 13.1 Å². The monoisotopic (exact) mass is 336 g/mol. The van der Waals surface area contributed by atoms with Gasteiger partial charge >= 0.3 is 6.09 Å². The van der Waals surface area contributed by atoms with Crippen molar-refractivity contribution in [3.63, 3.8) is 0 Å². The minimum atomic E-state index is -0.483. The van der Waals surface area contributed by atoms with E-state index >= 15 is 0 Å². The van der Waals surface area contributed by atoms with Crippen LogP contribution in [0.2, 0.25) is 0 Å². The van der Waals surface area contributed by atoms with E-state index in [0.717, 1.165) is 24.6 Å². The van der Waals surface area contributed by atoms with Gasteiger partial charge in [-0.05, 0) is 33.3 Å². The molecule has 2 N–H and O–H groups in total. The normalized spacial score (nSPS) is 18.6. The summed E-state index contributed by atoms with van der Waals surface area (Å²) in [5.41, 5.74) is 0.599. The Kier molecular flexibility index (Phi) is 5.69. The third-order valence-corrected chi connectivity index (χ3v) is 3.77. The van der Waals surface area contributed by atoms with Crippen LogP contribution in [0.4, 0.5) is 4.79 Å². The predicted octanol–water partition coefficient (Wildman–Crippen LogP) is 1.09. The van der Waals surface area contributed by atoms with Gasteiger partial charge in [0, 0.05) is 33.4 Å². The number of nitrogens with one attached hydrogen (secondary N) is 2. The number of alkyl carbamates (subject to hydrolysis) is 1. The number of rotatable bonds is 3. The minimum absolute atomic E-state index is 0.0649. The summed E-state index contributed by atoms with van der Waals surface area (Å²) in [6.07, 6.45) is 2.27. The van der Waals surface area contributed by atoms with E-state index < -0.39 is 5.60 Å². The Hall–Kier alpha value is -2.25. The van der Waals surface area contributed by atoms with Gasteiger partial charge in [0.2, 0.25) is 0 Å². The van der Waals surface area contributed by atoms with Gasteiger partial charge in [0.05, 0.1) is 18.3 Å². The number of guanidine groups is 1. The van der Waals surface area contributed by atoms with Gasteiger partial charge in [-0.2, -0.15) is 5.10 Å². The first-order valence-electron chi connectivity index (χ1n) is 8.20. The Balaban J connectivity index is 1.82. The first-order valence-corrected chi connectivity index (χ1v) is 8.20. The third-order valence-electron chi connectivity index (χ3n) is 3.77. The number of likely N-dealkylation sites (tertiary alicyclic amines) is 1. The largest absolute Gasteiger partial charge is 0.444 e. The van der Waals surface area contributed by atoms with Gasteiger partial charge in [-0.3, -0.25) is 9.67 Å². The van der Waals surface area contributed by atoms with E-state index in [4.69, 9.17) is 4.74 Å². The summed E-state index contributed by atoms with van der Waals surface area (Å²) in [5.74, 6) is 0.824. The molecule has 1 amide bonds. The first-order chi connectivity index (χ1) is 11.3. The maximum Gasteiger partial charge on any atom is 0.407 e. The standard InChI is InChI=1S/C16H28N6O2/c1-16(2,3)24-15(23)20-12-7-9-22(11-12)14(17-4)18-10-13-6-8-19-21(13)5/h6,8,12H,7,9-11H2,1-5H3,(H,17,18)(H,20,23). The van der Waals surface area contributed by atoms with Crippen LogP contribution in [-0.4, -0.2) is 58.5 Å². The molecule has 134 valence electrons. The zero-order valence-corrected chi connectivity index (χ0v) is 15.2. The number of aryl methyl sites for hydroxylation is 1. The maximum atomic E-state index is 11.9. The van der Waals surface area contributed by atoms with Crippen molar-refractivity contribution >= 4 is 12.1 Å². The van der Waals surface area contributed by atoms with Crippen LogP contribution in [0, 0.1) is 0 Å². The SMILES string of the molecule is CN=C(NCc1ccnn1C)N1CCC(NC(=O)OC(C)(C)C)C1. The lowest BCUT2D eigenvalue weighted by Crippen LogP contribution is -2.44. The van der Waals surface area contributed by atoms with Crippen molar-refractivity contribution in [3.05, 3.63) is 18.0 Å². The van der Waals surface area contributed by atoms with Crippen LogP contribution in [0.25, 0.3) is 0 Å². The minimum Gasteiger partial charge on any atom is -0.444 e. The molecule has 1 fully saturated rings. The topological polar surface area (TPSA) is 83.8 Å². The van der Waals surface area contributed by atoms with Crippen LogP contribution in [-0.2, 0) is 18.3 Å². The second-order valence-electron chi connectivity index (χ2n) is 6.92. The van der Waals surface area contributed by atoms with Crippen molar-refractivity contribution in [2.45, 2.75) is 45.4 Å². The Morgan fingerprint density at radius 2 is 2.25 bits per heavy atom. The molecule has 8 nitrogen and oxygen atoms in total. The van der Waals surface area contributed by atoms with Gasteiger partial charge in [0.15, 0.2) is 5.96 Å². The van der Waals surface area contributed by atoms with Gasteiger partial charge < -0.3 is 20.3 Å². The van der Waals surface area contributed by atoms with Gasteiger partial charge in [-0.15, -0.1) is 0 Å². The Morgan fingerprint density at radius 1 is 1.50 bits per heavy atom. The van der Waals surface area contributed by atoms with Crippen LogP contribution in [0.3, 0.4) is 0 Å². The van der Waals surface area contributed by atoms with Crippen molar-refractivity contribution in [1.29, 1.82) is 0 Å². The van der Waals surface area contributed by atoms with E-state index in [9.17, 15) is 4.79 Å². The fraction of sp³-hybridized carbons (Fsp3) is 0.688. The fourth-order valence-corrected chi connectivity index (χ4v) is 2.62. The molecule has 8 heteroatoms. The quantitative estimate of drug-likeness (QED) is 0.638. The highest BCUT2D eigenvalue weighted by atomic mass is 16.6. The second kappa shape index (κ2) is 7.55. The van der Waals surface area contributed by atoms with Crippen LogP contribution < -0.4 is 10.6 Å². The molecule has 1 atom stereocenters. The summed E-state index contributed by atoms with van der Waals surface area (Å²) < 4.78 is 7.14. The summed E-state index contributed by atoms with van der Waals surface area (Å²) in [7, 11) is 3.68. The molecular weight excluding hydrogens is 308 g/mol. The molecule has 0 aliphatic carbocycles. The fourth-order valence-electron chi connectivity index (χ4n) is 2.62. The van der Waals surface area contributed by atoms with E-state index in [-0.39, 0.29) is 12.1 Å². The lowest BCUT2D eigenvalue weighted by Gasteiger charge is -2.23. The second-order valence-corrected chi connectivity index (χ2v) is 6.92. The highest BCUT2D eigenvalue weighted by Gasteiger charge is 2.27. The van der Waals surface area contributed by atoms with Crippen molar-refractivity contribution in [1.82, 2.24) is 25.3 Å². The lowest BCUT2D eigenvalue weighted by atomic mass is 10.2. The summed E-state index contributed by atoms with van der Waals surface area (Å²) in [6, 6.07) is 2.03. The van der Waals surface area contributed by atoms with Gasteiger partial charge in [0.1, 0.15) is 5.60 Å². The van der Waals surface area contributed by atoms with Crippen LogP contribution in [0.5, 0.6) is 0 Å². The molecule has 24 heavy (non-hydrogen) atoms. The molecule has 1 aromatic heterocycles. The van der Waals surface area contributed by atoms with E-state index in [1.807, 2.05) is 38.6 Å². The van der Waals surface area contributed by atoms with Gasteiger partial charge in [-0.25, -0.2) is 4.79 Å². The number of carbonyl (C=O) groups is 1. The van der Waals surface area contributed by atoms with Crippen molar-refractivity contribution in [2.24, 2.45) is 12.0 Å². The Morgan fingerprint density at radius 3 is 2.83 bits per heavy atom. The lowest BCUT2D eigenvalue weighted by molar-refractivity contribution is 0.0507. The molecular formula is C16H28N6O2. The molecule has 1 aromatic rings. The molecule has 1 unspecified atom stereocenters. The van der Waals surface area contributed by atoms with Crippen LogP contribution >= 0.6 is 0 Å². The summed E-state index contributed by atoms with van der Waals surface area (Å²) in [4.78, 5) is 18.3. The van der Waals surface area contributed by atoms with E-state index in [1.165, 1.54) is 0 Å². The number of nitrogens with zero attached hydrogens (tertiary/aromatic N) is 4. The summed E-state index contributed by atoms with van der Waals surface area (Å²) in [5, 5.41) is 10.4. The van der Waals surface area contributed by atoms with Gasteiger partial charge in [0.25, 0.3) is 0 Å². The number of aromatic nitrogens is 2. The molecule has 1 aliphatic rings. The molecule has 2 heterocycles. The number of hydrogen-bond donors (Lipinski definition) is 2. The Bertz CT molecular complexity index is 590. The molecule has 0 saturated carbocycles. The van der Waals surface area contributed by atoms with E-state index in [2.05, 4.69) is 25.6 Å². The number of carbonyl (C=O) groups excluding carboxylic acids is 1. The van der Waals surface area contributed by atoms with Crippen LogP contribution in [0.15, 0.2) is 17.3 Å². The number of hydrogen-bond acceptors (Lipinski definition) is 4. The van der Waals surface area contributed by atoms with E-state index in [1.54, 1.807) is 13.2 Å². The Labute approximate surface area is 143 Å². The molecule has 2 rings (SSSR count). The van der Waals surface area contributed by atoms with Gasteiger partial charge in [-0.1, -0.05) is 0 Å². The van der Waals surface area contributed by atoms with Crippen molar-refractivity contribution < 1.29 is 9.53 Å².